The van der Waals surface area contributed by atoms with Crippen LogP contribution in [0.25, 0.3) is 33.6 Å². The van der Waals surface area contributed by atoms with E-state index in [1.54, 1.807) is 0 Å². The SMILES string of the molecule is COC(=O)N[C@H](C(=O)N1CCC[C@H]1c1ncc(-c2ccc(-c3ccc(-c4cnc(C5C6CCC(C6)[C@@H]5C(=O)N(NC(=O)OC)C5CCOCC5)[nH]4)cc3)cc2)[nH]1)C(C)C. The Balaban J connectivity index is 0.937. The number of aromatic amines is 2. The number of aromatic nitrogens is 4. The highest BCUT2D eigenvalue weighted by Gasteiger charge is 2.54. The highest BCUT2D eigenvalue weighted by molar-refractivity contribution is 5.86. The summed E-state index contributed by atoms with van der Waals surface area (Å²) in [4.78, 5) is 70.6. The van der Waals surface area contributed by atoms with Gasteiger partial charge in [-0.15, -0.1) is 0 Å². The Morgan fingerprint density at radius 3 is 1.97 bits per heavy atom. The standard InChI is InChI=1S/C44H54N8O7/c1-25(2)38(49-43(55)57-3)42(54)51-19-5-6-35(51)39-45-23-33(47-39)28-11-7-26(8-12-28)27-9-13-29(14-10-27)34-24-46-40(48-34)36-30-15-16-31(22-30)37(36)41(53)52(50-44(56)58-4)32-17-20-59-21-18-32/h7-14,23-25,30-32,35-38H,5-6,15-22H2,1-4H3,(H,45,47)(H,46,48)(H,49,55)(H,50,56)/t30?,31?,35-,36?,37-,38-/m0/s1. The van der Waals surface area contributed by atoms with Gasteiger partial charge in [0.05, 0.1) is 56.0 Å². The summed E-state index contributed by atoms with van der Waals surface area (Å²) in [5.41, 5.74) is 8.60. The summed E-state index contributed by atoms with van der Waals surface area (Å²) in [5.74, 6) is 1.47. The molecule has 0 spiro atoms. The summed E-state index contributed by atoms with van der Waals surface area (Å²) in [6.45, 7) is 5.48. The van der Waals surface area contributed by atoms with Gasteiger partial charge in [-0.05, 0) is 85.0 Å². The van der Waals surface area contributed by atoms with Gasteiger partial charge in [-0.1, -0.05) is 62.4 Å². The van der Waals surface area contributed by atoms with Gasteiger partial charge in [-0.25, -0.2) is 30.0 Å². The van der Waals surface area contributed by atoms with Crippen LogP contribution in [-0.2, 0) is 23.8 Å². The van der Waals surface area contributed by atoms with E-state index in [0.29, 0.717) is 38.5 Å². The lowest BCUT2D eigenvalue weighted by molar-refractivity contribution is -0.146. The number of carbonyl (C=O) groups excluding carboxylic acids is 4. The molecule has 15 nitrogen and oxygen atoms in total. The number of hydrogen-bond acceptors (Lipinski definition) is 9. The zero-order valence-electron chi connectivity index (χ0n) is 34.1. The molecular weight excluding hydrogens is 753 g/mol. The molecule has 2 bridgehead atoms. The Morgan fingerprint density at radius 1 is 0.780 bits per heavy atom. The molecule has 312 valence electrons. The summed E-state index contributed by atoms with van der Waals surface area (Å²) in [5, 5.41) is 4.23. The van der Waals surface area contributed by atoms with Gasteiger partial charge in [0, 0.05) is 25.7 Å². The highest BCUT2D eigenvalue weighted by Crippen LogP contribution is 2.57. The molecule has 6 atom stereocenters. The number of likely N-dealkylation sites (tertiary alicyclic amines) is 1. The van der Waals surface area contributed by atoms with Crippen molar-refractivity contribution in [2.45, 2.75) is 82.8 Å². The first-order valence-corrected chi connectivity index (χ1v) is 20.8. The third-order valence-corrected chi connectivity index (χ3v) is 12.9. The molecule has 2 aromatic heterocycles. The average molecular weight is 807 g/mol. The van der Waals surface area contributed by atoms with Gasteiger partial charge in [0.2, 0.25) is 11.8 Å². The number of hydrogen-bond donors (Lipinski definition) is 4. The topological polar surface area (TPSA) is 184 Å². The van der Waals surface area contributed by atoms with Gasteiger partial charge in [0.25, 0.3) is 0 Å². The van der Waals surface area contributed by atoms with Crippen molar-refractivity contribution in [3.8, 4) is 33.6 Å². The molecule has 3 unspecified atom stereocenters. The Hall–Kier alpha value is -5.70. The monoisotopic (exact) mass is 806 g/mol. The number of alkyl carbamates (subject to hydrolysis) is 1. The predicted molar refractivity (Wildman–Crippen MR) is 218 cm³/mol. The Bertz CT molecular complexity index is 2130. The Kier molecular flexibility index (Phi) is 11.7. The number of carbonyl (C=O) groups is 4. The molecule has 2 aliphatic heterocycles. The van der Waals surface area contributed by atoms with E-state index in [1.807, 2.05) is 31.1 Å². The number of H-pyrrole nitrogens is 2. The maximum Gasteiger partial charge on any atom is 0.425 e. The molecule has 15 heteroatoms. The number of fused-ring (bicyclic) bond motifs is 2. The molecule has 4 aromatic rings. The van der Waals surface area contributed by atoms with E-state index in [0.717, 1.165) is 77.4 Å². The van der Waals surface area contributed by atoms with Crippen molar-refractivity contribution in [2.24, 2.45) is 23.7 Å². The molecule has 2 saturated carbocycles. The molecule has 2 aliphatic carbocycles. The number of imidazole rings is 2. The number of amides is 4. The van der Waals surface area contributed by atoms with Crippen LogP contribution in [0.5, 0.6) is 0 Å². The van der Waals surface area contributed by atoms with Crippen molar-refractivity contribution in [1.82, 2.24) is 40.6 Å². The van der Waals surface area contributed by atoms with Crippen molar-refractivity contribution in [1.29, 1.82) is 0 Å². The predicted octanol–water partition coefficient (Wildman–Crippen LogP) is 6.59. The fourth-order valence-corrected chi connectivity index (χ4v) is 9.80. The first-order valence-electron chi connectivity index (χ1n) is 20.8. The summed E-state index contributed by atoms with van der Waals surface area (Å²) in [6, 6.07) is 15.6. The number of methoxy groups -OCH3 is 2. The fraction of sp³-hybridized carbons (Fsp3) is 0.500. The largest absolute Gasteiger partial charge is 0.453 e. The van der Waals surface area contributed by atoms with Gasteiger partial charge >= 0.3 is 12.2 Å². The van der Waals surface area contributed by atoms with Crippen LogP contribution in [-0.4, -0.2) is 99.9 Å². The number of rotatable bonds is 10. The molecule has 2 aromatic carbocycles. The van der Waals surface area contributed by atoms with E-state index in [1.165, 1.54) is 19.2 Å². The second kappa shape index (κ2) is 17.3. The van der Waals surface area contributed by atoms with Crippen molar-refractivity contribution >= 4 is 24.0 Å². The highest BCUT2D eigenvalue weighted by atomic mass is 16.5. The van der Waals surface area contributed by atoms with Crippen LogP contribution in [0, 0.1) is 23.7 Å². The first-order chi connectivity index (χ1) is 28.6. The lowest BCUT2D eigenvalue weighted by atomic mass is 9.78. The number of benzene rings is 2. The minimum absolute atomic E-state index is 0.0623. The smallest absolute Gasteiger partial charge is 0.425 e. The van der Waals surface area contributed by atoms with Crippen LogP contribution in [0.2, 0.25) is 0 Å². The summed E-state index contributed by atoms with van der Waals surface area (Å²) in [6.07, 6.45) is 8.36. The van der Waals surface area contributed by atoms with Crippen molar-refractivity contribution < 1.29 is 33.4 Å². The van der Waals surface area contributed by atoms with Crippen LogP contribution in [0.3, 0.4) is 0 Å². The molecule has 4 aliphatic rings. The maximum atomic E-state index is 14.3. The number of ether oxygens (including phenoxy) is 3. The van der Waals surface area contributed by atoms with Crippen molar-refractivity contribution in [2.75, 3.05) is 34.0 Å². The van der Waals surface area contributed by atoms with E-state index in [2.05, 4.69) is 74.2 Å². The third-order valence-electron chi connectivity index (χ3n) is 12.9. The van der Waals surface area contributed by atoms with E-state index in [9.17, 15) is 19.2 Å². The lowest BCUT2D eigenvalue weighted by Gasteiger charge is -2.38. The zero-order valence-corrected chi connectivity index (χ0v) is 34.1. The third kappa shape index (κ3) is 8.17. The van der Waals surface area contributed by atoms with Gasteiger partial charge in [0.1, 0.15) is 17.7 Å². The van der Waals surface area contributed by atoms with Gasteiger partial charge < -0.3 is 34.4 Å². The Morgan fingerprint density at radius 2 is 1.36 bits per heavy atom. The van der Waals surface area contributed by atoms with E-state index < -0.39 is 18.2 Å². The number of nitrogens with one attached hydrogen (secondary N) is 4. The normalized spacial score (nSPS) is 23.3. The van der Waals surface area contributed by atoms with E-state index >= 15 is 0 Å². The van der Waals surface area contributed by atoms with E-state index in [4.69, 9.17) is 19.2 Å². The summed E-state index contributed by atoms with van der Waals surface area (Å²) < 4.78 is 15.2. The average Bonchev–Trinajstić information content (AvgIpc) is 4.13. The summed E-state index contributed by atoms with van der Waals surface area (Å²) >= 11 is 0. The second-order valence-electron chi connectivity index (χ2n) is 16.6. The van der Waals surface area contributed by atoms with Crippen LogP contribution in [0.1, 0.15) is 82.4 Å². The molecule has 59 heavy (non-hydrogen) atoms. The lowest BCUT2D eigenvalue weighted by Crippen LogP contribution is -2.56. The minimum Gasteiger partial charge on any atom is -0.453 e. The Labute approximate surface area is 344 Å². The van der Waals surface area contributed by atoms with Crippen LogP contribution in [0.4, 0.5) is 9.59 Å². The number of hydrazine groups is 1. The maximum absolute atomic E-state index is 14.3. The molecule has 4 amide bonds. The first kappa shape index (κ1) is 40.1. The van der Waals surface area contributed by atoms with Crippen LogP contribution >= 0.6 is 0 Å². The van der Waals surface area contributed by atoms with E-state index in [-0.39, 0.29) is 47.6 Å². The molecule has 4 N–H and O–H groups in total. The summed E-state index contributed by atoms with van der Waals surface area (Å²) in [7, 11) is 2.60. The molecule has 4 heterocycles. The van der Waals surface area contributed by atoms with Crippen molar-refractivity contribution in [3.63, 3.8) is 0 Å². The van der Waals surface area contributed by atoms with Gasteiger partial charge in [0.15, 0.2) is 0 Å². The molecule has 2 saturated heterocycles. The number of nitrogens with zero attached hydrogens (tertiary/aromatic N) is 4. The second-order valence-corrected chi connectivity index (χ2v) is 16.6. The van der Waals surface area contributed by atoms with Crippen LogP contribution in [0.15, 0.2) is 60.9 Å². The van der Waals surface area contributed by atoms with Gasteiger partial charge in [-0.2, -0.15) is 0 Å². The zero-order chi connectivity index (χ0) is 41.2. The van der Waals surface area contributed by atoms with Crippen molar-refractivity contribution in [3.05, 3.63) is 72.6 Å². The van der Waals surface area contributed by atoms with Crippen LogP contribution < -0.4 is 10.7 Å². The molecule has 0 radical (unpaired) electrons. The van der Waals surface area contributed by atoms with Gasteiger partial charge in [-0.3, -0.25) is 9.59 Å². The minimum atomic E-state index is -0.689. The quantitative estimate of drug-likeness (QED) is 0.129. The molecule has 8 rings (SSSR count). The molecular formula is C44H54N8O7. The molecule has 4 fully saturated rings. The fourth-order valence-electron chi connectivity index (χ4n) is 9.80.